The number of nitrogens with zero attached hydrogens (tertiary/aromatic N) is 3. The Bertz CT molecular complexity index is 774. The molecule has 31 heavy (non-hydrogen) atoms. The smallest absolute Gasteiger partial charge is 0.348 e. The zero-order valence-electron chi connectivity index (χ0n) is 17.9. The third-order valence-corrected chi connectivity index (χ3v) is 4.35. The maximum absolute atomic E-state index is 11.5. The predicted molar refractivity (Wildman–Crippen MR) is 118 cm³/mol. The number of rotatable bonds is 14. The number of hydrogen-bond acceptors (Lipinski definition) is 10. The van der Waals surface area contributed by atoms with Crippen molar-refractivity contribution >= 4 is 34.9 Å². The first-order chi connectivity index (χ1) is 14.7. The lowest BCUT2D eigenvalue weighted by Gasteiger charge is -2.18. The van der Waals surface area contributed by atoms with E-state index < -0.39 is 22.8 Å². The molecule has 0 aliphatic carbocycles. The van der Waals surface area contributed by atoms with Gasteiger partial charge in [0.25, 0.3) is 5.90 Å². The van der Waals surface area contributed by atoms with Crippen molar-refractivity contribution in [2.45, 2.75) is 46.4 Å². The van der Waals surface area contributed by atoms with Crippen LogP contribution in [0.3, 0.4) is 0 Å². The molecule has 1 aromatic rings. The summed E-state index contributed by atoms with van der Waals surface area (Å²) in [7, 11) is 0. The van der Waals surface area contributed by atoms with Crippen molar-refractivity contribution < 1.29 is 19.1 Å². The van der Waals surface area contributed by atoms with E-state index in [1.807, 2.05) is 20.8 Å². The average molecular weight is 479 g/mol. The minimum atomic E-state index is -0.661. The Morgan fingerprint density at radius 2 is 1.97 bits per heavy atom. The largest absolute Gasteiger partial charge is 0.473 e. The Hall–Kier alpha value is -2.21. The number of nitro groups is 1. The summed E-state index contributed by atoms with van der Waals surface area (Å²) in [5.41, 5.74) is -0.286. The van der Waals surface area contributed by atoms with Crippen LogP contribution in [0.1, 0.15) is 34.1 Å². The first kappa shape index (κ1) is 26.8. The van der Waals surface area contributed by atoms with Crippen molar-refractivity contribution in [1.82, 2.24) is 15.3 Å². The molecule has 0 aliphatic heterocycles. The highest BCUT2D eigenvalue weighted by molar-refractivity contribution is 6.33. The van der Waals surface area contributed by atoms with Crippen LogP contribution in [0, 0.1) is 15.5 Å². The first-order valence-corrected chi connectivity index (χ1v) is 10.4. The van der Waals surface area contributed by atoms with Crippen molar-refractivity contribution in [2.75, 3.05) is 31.7 Å². The minimum Gasteiger partial charge on any atom is -0.473 e. The Morgan fingerprint density at radius 1 is 1.32 bits per heavy atom. The summed E-state index contributed by atoms with van der Waals surface area (Å²) in [6.45, 7) is 8.13. The van der Waals surface area contributed by atoms with Crippen molar-refractivity contribution in [3.63, 3.8) is 0 Å². The molecular formula is C18H28Cl2N6O5. The second-order valence-corrected chi connectivity index (χ2v) is 7.04. The van der Waals surface area contributed by atoms with Crippen LogP contribution >= 0.6 is 23.2 Å². The van der Waals surface area contributed by atoms with Gasteiger partial charge in [-0.05, 0) is 39.3 Å². The number of nitrogens with one attached hydrogen (secondary N) is 3. The maximum atomic E-state index is 11.5. The van der Waals surface area contributed by atoms with E-state index in [1.54, 1.807) is 0 Å². The van der Waals surface area contributed by atoms with Gasteiger partial charge in [0.05, 0.1) is 30.0 Å². The standard InChI is InChI=1S/C18H28Cl2N6O5/c1-5-29-14(30-6-2)10-22-12(4)15(26(27)28)16(21)31-8-7-11(3)24-17-13(19)9-23-18(20)25-17/h9,11,14,21-22H,5-8,10H2,1-4H3,(H,23,24,25)/b15-12+,21-16?. The van der Waals surface area contributed by atoms with E-state index in [9.17, 15) is 10.1 Å². The second-order valence-electron chi connectivity index (χ2n) is 6.30. The molecule has 1 unspecified atom stereocenters. The molecule has 0 fully saturated rings. The van der Waals surface area contributed by atoms with E-state index in [1.165, 1.54) is 13.1 Å². The van der Waals surface area contributed by atoms with Crippen LogP contribution in [-0.4, -0.2) is 59.5 Å². The first-order valence-electron chi connectivity index (χ1n) is 9.68. The number of halogens is 2. The van der Waals surface area contributed by atoms with E-state index in [0.717, 1.165) is 0 Å². The molecule has 0 amide bonds. The highest BCUT2D eigenvalue weighted by atomic mass is 35.5. The van der Waals surface area contributed by atoms with Crippen LogP contribution in [0.4, 0.5) is 5.82 Å². The monoisotopic (exact) mass is 478 g/mol. The third-order valence-electron chi connectivity index (χ3n) is 3.89. The van der Waals surface area contributed by atoms with Gasteiger partial charge >= 0.3 is 5.70 Å². The summed E-state index contributed by atoms with van der Waals surface area (Å²) in [5, 5.41) is 25.7. The van der Waals surface area contributed by atoms with Gasteiger partial charge in [-0.2, -0.15) is 4.98 Å². The highest BCUT2D eigenvalue weighted by Crippen LogP contribution is 2.20. The molecule has 1 heterocycles. The molecular weight excluding hydrogens is 451 g/mol. The Balaban J connectivity index is 2.63. The minimum absolute atomic E-state index is 0.0526. The quantitative estimate of drug-likeness (QED) is 0.0912. The zero-order chi connectivity index (χ0) is 23.4. The molecule has 0 bridgehead atoms. The molecule has 11 nitrogen and oxygen atoms in total. The van der Waals surface area contributed by atoms with Gasteiger partial charge in [-0.3, -0.25) is 15.5 Å². The van der Waals surface area contributed by atoms with Crippen molar-refractivity contribution in [3.05, 3.63) is 38.0 Å². The summed E-state index contributed by atoms with van der Waals surface area (Å²) >= 11 is 11.8. The molecule has 13 heteroatoms. The van der Waals surface area contributed by atoms with Crippen LogP contribution in [0.2, 0.25) is 10.3 Å². The summed E-state index contributed by atoms with van der Waals surface area (Å²) < 4.78 is 16.1. The Kier molecular flexibility index (Phi) is 12.1. The van der Waals surface area contributed by atoms with Crippen LogP contribution < -0.4 is 10.6 Å². The zero-order valence-corrected chi connectivity index (χ0v) is 19.4. The lowest BCUT2D eigenvalue weighted by molar-refractivity contribution is -0.418. The Labute approximate surface area is 191 Å². The molecule has 1 aromatic heterocycles. The van der Waals surface area contributed by atoms with Gasteiger partial charge in [0, 0.05) is 25.7 Å². The maximum Gasteiger partial charge on any atom is 0.348 e. The second kappa shape index (κ2) is 14.0. The molecule has 0 saturated heterocycles. The van der Waals surface area contributed by atoms with Crippen molar-refractivity contribution in [2.24, 2.45) is 0 Å². The van der Waals surface area contributed by atoms with Gasteiger partial charge in [-0.1, -0.05) is 11.6 Å². The van der Waals surface area contributed by atoms with E-state index in [4.69, 9.17) is 42.8 Å². The fourth-order valence-corrected chi connectivity index (χ4v) is 2.69. The topological polar surface area (TPSA) is 145 Å². The molecule has 0 spiro atoms. The van der Waals surface area contributed by atoms with E-state index in [0.29, 0.717) is 30.5 Å². The van der Waals surface area contributed by atoms with Crippen LogP contribution in [0.5, 0.6) is 0 Å². The molecule has 0 aliphatic rings. The fourth-order valence-electron chi connectivity index (χ4n) is 2.41. The van der Waals surface area contributed by atoms with Crippen LogP contribution in [-0.2, 0) is 14.2 Å². The van der Waals surface area contributed by atoms with Crippen molar-refractivity contribution in [1.29, 1.82) is 5.41 Å². The van der Waals surface area contributed by atoms with Crippen molar-refractivity contribution in [3.8, 4) is 0 Å². The van der Waals surface area contributed by atoms with Gasteiger partial charge in [0.2, 0.25) is 5.28 Å². The number of ether oxygens (including phenoxy) is 3. The number of allylic oxidation sites excluding steroid dienone is 1. The van der Waals surface area contributed by atoms with Crippen LogP contribution in [0.15, 0.2) is 17.6 Å². The number of anilines is 1. The molecule has 174 valence electrons. The fraction of sp³-hybridized carbons (Fsp3) is 0.611. The van der Waals surface area contributed by atoms with Gasteiger partial charge in [0.15, 0.2) is 6.29 Å². The van der Waals surface area contributed by atoms with Gasteiger partial charge in [-0.25, -0.2) is 4.98 Å². The number of aromatic nitrogens is 2. The summed E-state index contributed by atoms with van der Waals surface area (Å²) in [6.07, 6.45) is 1.25. The lowest BCUT2D eigenvalue weighted by atomic mass is 10.2. The summed E-state index contributed by atoms with van der Waals surface area (Å²) in [4.78, 5) is 18.6. The summed E-state index contributed by atoms with van der Waals surface area (Å²) in [5.74, 6) is -0.178. The van der Waals surface area contributed by atoms with E-state index in [-0.39, 0.29) is 30.2 Å². The molecule has 3 N–H and O–H groups in total. The molecule has 1 rings (SSSR count). The van der Waals surface area contributed by atoms with Gasteiger partial charge in [0.1, 0.15) is 10.8 Å². The normalized spacial score (nSPS) is 12.9. The van der Waals surface area contributed by atoms with Gasteiger partial charge < -0.3 is 24.8 Å². The third kappa shape index (κ3) is 9.64. The average Bonchev–Trinajstić information content (AvgIpc) is 2.69. The highest BCUT2D eigenvalue weighted by Gasteiger charge is 2.24. The lowest BCUT2D eigenvalue weighted by Crippen LogP contribution is -2.32. The predicted octanol–water partition coefficient (Wildman–Crippen LogP) is 3.46. The van der Waals surface area contributed by atoms with Gasteiger partial charge in [-0.15, -0.1) is 0 Å². The number of hydrogen-bond donors (Lipinski definition) is 3. The molecule has 0 radical (unpaired) electrons. The van der Waals surface area contributed by atoms with E-state index >= 15 is 0 Å². The van der Waals surface area contributed by atoms with Crippen LogP contribution in [0.25, 0.3) is 0 Å². The Morgan fingerprint density at radius 3 is 2.55 bits per heavy atom. The van der Waals surface area contributed by atoms with E-state index in [2.05, 4.69) is 20.6 Å². The SMILES string of the molecule is CCOC(CN/C(C)=C(\C(=N)OCCC(C)Nc1nc(Cl)ncc1Cl)[N+](=O)[O-])OCC. The molecule has 1 atom stereocenters. The summed E-state index contributed by atoms with van der Waals surface area (Å²) in [6, 6.07) is -0.156. The molecule has 0 aromatic carbocycles. The molecule has 0 saturated carbocycles.